The van der Waals surface area contributed by atoms with Crippen molar-refractivity contribution in [1.82, 2.24) is 16.0 Å². The van der Waals surface area contributed by atoms with E-state index in [1.54, 1.807) is 26.1 Å². The molecule has 19 heavy (non-hydrogen) atoms. The second-order valence-electron chi connectivity index (χ2n) is 4.20. The van der Waals surface area contributed by atoms with Crippen molar-refractivity contribution in [1.29, 1.82) is 0 Å². The van der Waals surface area contributed by atoms with Crippen LogP contribution in [-0.2, 0) is 4.79 Å². The zero-order valence-electron chi connectivity index (χ0n) is 10.6. The van der Waals surface area contributed by atoms with Gasteiger partial charge in [-0.2, -0.15) is 0 Å². The van der Waals surface area contributed by atoms with Crippen LogP contribution >= 0.6 is 12.2 Å². The highest BCUT2D eigenvalue weighted by Gasteiger charge is 2.29. The van der Waals surface area contributed by atoms with E-state index in [0.29, 0.717) is 16.4 Å². The van der Waals surface area contributed by atoms with Crippen molar-refractivity contribution in [2.75, 3.05) is 7.05 Å². The first-order chi connectivity index (χ1) is 9.02. The lowest BCUT2D eigenvalue weighted by atomic mass is 9.95. The fourth-order valence-corrected chi connectivity index (χ4v) is 2.31. The van der Waals surface area contributed by atoms with Crippen LogP contribution in [0, 0.1) is 5.82 Å². The Bertz CT molecular complexity index is 554. The smallest absolute Gasteiger partial charge is 0.251 e. The molecule has 0 aromatic heterocycles. The zero-order chi connectivity index (χ0) is 14.0. The van der Waals surface area contributed by atoms with Crippen molar-refractivity contribution in [2.45, 2.75) is 13.0 Å². The number of rotatable bonds is 2. The van der Waals surface area contributed by atoms with Crippen LogP contribution < -0.4 is 16.0 Å². The van der Waals surface area contributed by atoms with E-state index in [4.69, 9.17) is 12.2 Å². The third-order valence-electron chi connectivity index (χ3n) is 2.94. The molecule has 1 amide bonds. The third kappa shape index (κ3) is 2.73. The van der Waals surface area contributed by atoms with Gasteiger partial charge in [0.05, 0.1) is 11.6 Å². The third-order valence-corrected chi connectivity index (χ3v) is 3.16. The molecular formula is C13H14FN3OS. The number of halogens is 1. The van der Waals surface area contributed by atoms with Crippen LogP contribution in [0.15, 0.2) is 35.5 Å². The predicted octanol–water partition coefficient (Wildman–Crippen LogP) is 1.36. The molecule has 1 atom stereocenters. The molecule has 0 spiro atoms. The minimum absolute atomic E-state index is 0.200. The van der Waals surface area contributed by atoms with Crippen molar-refractivity contribution in [3.8, 4) is 0 Å². The predicted molar refractivity (Wildman–Crippen MR) is 74.8 cm³/mol. The van der Waals surface area contributed by atoms with Crippen LogP contribution in [0.4, 0.5) is 4.39 Å². The molecule has 1 aromatic carbocycles. The number of likely N-dealkylation sites (N-methyl/N-ethyl adjacent to an activating group) is 1. The molecule has 100 valence electrons. The SMILES string of the molecule is CNC(=O)C1=C(C)NC(=S)NC1c1ccc(F)cc1. The molecule has 0 aliphatic carbocycles. The minimum atomic E-state index is -0.380. The molecule has 1 aliphatic rings. The lowest BCUT2D eigenvalue weighted by molar-refractivity contribution is -0.117. The molecule has 0 radical (unpaired) electrons. The zero-order valence-corrected chi connectivity index (χ0v) is 11.4. The average Bonchev–Trinajstić information content (AvgIpc) is 2.38. The summed E-state index contributed by atoms with van der Waals surface area (Å²) < 4.78 is 13.0. The Morgan fingerprint density at radius 2 is 2.00 bits per heavy atom. The van der Waals surface area contributed by atoms with Gasteiger partial charge >= 0.3 is 0 Å². The van der Waals surface area contributed by atoms with Gasteiger partial charge in [-0.05, 0) is 36.8 Å². The summed E-state index contributed by atoms with van der Waals surface area (Å²) in [6.07, 6.45) is 0. The Labute approximate surface area is 116 Å². The summed E-state index contributed by atoms with van der Waals surface area (Å²) >= 11 is 5.10. The normalized spacial score (nSPS) is 18.7. The summed E-state index contributed by atoms with van der Waals surface area (Å²) in [7, 11) is 1.57. The van der Waals surface area contributed by atoms with E-state index in [-0.39, 0.29) is 17.8 Å². The van der Waals surface area contributed by atoms with E-state index < -0.39 is 0 Å². The van der Waals surface area contributed by atoms with E-state index in [9.17, 15) is 9.18 Å². The first-order valence-corrected chi connectivity index (χ1v) is 6.19. The standard InChI is InChI=1S/C13H14FN3OS/c1-7-10(12(18)15-2)11(17-13(19)16-7)8-3-5-9(14)6-4-8/h3-6,11H,1-2H3,(H,15,18)(H2,16,17,19). The van der Waals surface area contributed by atoms with Crippen molar-refractivity contribution in [2.24, 2.45) is 0 Å². The van der Waals surface area contributed by atoms with Gasteiger partial charge in [-0.1, -0.05) is 12.1 Å². The van der Waals surface area contributed by atoms with E-state index >= 15 is 0 Å². The van der Waals surface area contributed by atoms with Crippen LogP contribution in [0.2, 0.25) is 0 Å². The fraction of sp³-hybridized carbons (Fsp3) is 0.231. The van der Waals surface area contributed by atoms with Gasteiger partial charge in [0, 0.05) is 12.7 Å². The molecule has 4 nitrogen and oxygen atoms in total. The molecule has 6 heteroatoms. The molecule has 0 fully saturated rings. The number of hydrogen-bond acceptors (Lipinski definition) is 2. The average molecular weight is 279 g/mol. The van der Waals surface area contributed by atoms with Crippen LogP contribution in [0.5, 0.6) is 0 Å². The lowest BCUT2D eigenvalue weighted by Crippen LogP contribution is -2.46. The molecule has 1 heterocycles. The lowest BCUT2D eigenvalue weighted by Gasteiger charge is -2.30. The minimum Gasteiger partial charge on any atom is -0.355 e. The number of hydrogen-bond donors (Lipinski definition) is 3. The maximum atomic E-state index is 13.0. The number of benzene rings is 1. The number of allylic oxidation sites excluding steroid dienone is 1. The van der Waals surface area contributed by atoms with Crippen molar-refractivity contribution < 1.29 is 9.18 Å². The number of thiocarbonyl (C=S) groups is 1. The van der Waals surface area contributed by atoms with Crippen LogP contribution in [0.25, 0.3) is 0 Å². The van der Waals surface area contributed by atoms with Gasteiger partial charge in [0.15, 0.2) is 5.11 Å². The second kappa shape index (κ2) is 5.36. The number of amides is 1. The van der Waals surface area contributed by atoms with Crippen molar-refractivity contribution >= 4 is 23.2 Å². The van der Waals surface area contributed by atoms with Gasteiger partial charge in [0.1, 0.15) is 5.82 Å². The van der Waals surface area contributed by atoms with Crippen LogP contribution in [-0.4, -0.2) is 18.1 Å². The van der Waals surface area contributed by atoms with E-state index in [2.05, 4.69) is 16.0 Å². The van der Waals surface area contributed by atoms with E-state index in [0.717, 1.165) is 5.56 Å². The van der Waals surface area contributed by atoms with Gasteiger partial charge in [-0.25, -0.2) is 4.39 Å². The fourth-order valence-electron chi connectivity index (χ4n) is 2.03. The molecule has 1 unspecified atom stereocenters. The topological polar surface area (TPSA) is 53.2 Å². The van der Waals surface area contributed by atoms with Crippen LogP contribution in [0.1, 0.15) is 18.5 Å². The first kappa shape index (κ1) is 13.5. The molecule has 0 saturated heterocycles. The van der Waals surface area contributed by atoms with Gasteiger partial charge in [-0.15, -0.1) is 0 Å². The van der Waals surface area contributed by atoms with Gasteiger partial charge in [0.25, 0.3) is 5.91 Å². The summed E-state index contributed by atoms with van der Waals surface area (Å²) in [5.74, 6) is -0.517. The Balaban J connectivity index is 2.46. The molecule has 0 bridgehead atoms. The van der Waals surface area contributed by atoms with Crippen LogP contribution in [0.3, 0.4) is 0 Å². The number of carbonyl (C=O) groups is 1. The van der Waals surface area contributed by atoms with Crippen molar-refractivity contribution in [3.63, 3.8) is 0 Å². The largest absolute Gasteiger partial charge is 0.355 e. The Morgan fingerprint density at radius 3 is 2.58 bits per heavy atom. The first-order valence-electron chi connectivity index (χ1n) is 5.78. The summed E-state index contributed by atoms with van der Waals surface area (Å²) in [4.78, 5) is 12.0. The quantitative estimate of drug-likeness (QED) is 0.716. The maximum absolute atomic E-state index is 13.0. The monoisotopic (exact) mass is 279 g/mol. The molecule has 2 rings (SSSR count). The Kier molecular flexibility index (Phi) is 3.80. The summed E-state index contributed by atoms with van der Waals surface area (Å²) in [6.45, 7) is 1.79. The highest BCUT2D eigenvalue weighted by atomic mass is 32.1. The highest BCUT2D eigenvalue weighted by Crippen LogP contribution is 2.26. The second-order valence-corrected chi connectivity index (χ2v) is 4.61. The molecule has 1 aliphatic heterocycles. The highest BCUT2D eigenvalue weighted by molar-refractivity contribution is 7.80. The Morgan fingerprint density at radius 1 is 1.37 bits per heavy atom. The number of carbonyl (C=O) groups excluding carboxylic acids is 1. The van der Waals surface area contributed by atoms with Gasteiger partial charge in [0.2, 0.25) is 0 Å². The number of nitrogens with one attached hydrogen (secondary N) is 3. The van der Waals surface area contributed by atoms with E-state index in [1.807, 2.05) is 0 Å². The summed E-state index contributed by atoms with van der Waals surface area (Å²) in [5, 5.41) is 8.99. The Hall–Kier alpha value is -1.95. The summed E-state index contributed by atoms with van der Waals surface area (Å²) in [6, 6.07) is 5.61. The molecule has 1 aromatic rings. The molecule has 3 N–H and O–H groups in total. The molecule has 0 saturated carbocycles. The maximum Gasteiger partial charge on any atom is 0.251 e. The van der Waals surface area contributed by atoms with E-state index in [1.165, 1.54) is 12.1 Å². The van der Waals surface area contributed by atoms with Crippen molar-refractivity contribution in [3.05, 3.63) is 46.9 Å². The summed E-state index contributed by atoms with van der Waals surface area (Å²) in [5.41, 5.74) is 2.02. The molecular weight excluding hydrogens is 265 g/mol. The van der Waals surface area contributed by atoms with Gasteiger partial charge < -0.3 is 16.0 Å². The van der Waals surface area contributed by atoms with Gasteiger partial charge in [-0.3, -0.25) is 4.79 Å².